The third kappa shape index (κ3) is 7.34. The van der Waals surface area contributed by atoms with Gasteiger partial charge in [0.05, 0.1) is 17.8 Å². The number of hydrogen-bond acceptors (Lipinski definition) is 3. The fourth-order valence-corrected chi connectivity index (χ4v) is 2.05. The Balaban J connectivity index is 1.97. The highest BCUT2D eigenvalue weighted by Gasteiger charge is 2.26. The van der Waals surface area contributed by atoms with Gasteiger partial charge < -0.3 is 14.4 Å². The van der Waals surface area contributed by atoms with Gasteiger partial charge in [-0.05, 0) is 53.9 Å². The molecule has 0 aromatic carbocycles. The number of likely N-dealkylation sites (tertiary alicyclic amines) is 1. The van der Waals surface area contributed by atoms with Crippen molar-refractivity contribution in [3.8, 4) is 0 Å². The van der Waals surface area contributed by atoms with E-state index in [0.29, 0.717) is 0 Å². The molecule has 0 saturated carbocycles. The molecular weight excluding hydrogens is 226 g/mol. The molecule has 0 radical (unpaired) electrons. The van der Waals surface area contributed by atoms with Crippen LogP contribution in [0.5, 0.6) is 0 Å². The first-order chi connectivity index (χ1) is 8.16. The van der Waals surface area contributed by atoms with Crippen molar-refractivity contribution in [3.63, 3.8) is 0 Å². The third-order valence-corrected chi connectivity index (χ3v) is 3.04. The summed E-state index contributed by atoms with van der Waals surface area (Å²) in [7, 11) is 0. The second-order valence-corrected chi connectivity index (χ2v) is 7.34. The van der Waals surface area contributed by atoms with E-state index in [1.807, 2.05) is 0 Å². The van der Waals surface area contributed by atoms with Crippen molar-refractivity contribution in [1.29, 1.82) is 0 Å². The quantitative estimate of drug-likeness (QED) is 0.730. The van der Waals surface area contributed by atoms with Crippen molar-refractivity contribution in [2.24, 2.45) is 5.92 Å². The molecule has 0 amide bonds. The van der Waals surface area contributed by atoms with Crippen LogP contribution >= 0.6 is 0 Å². The summed E-state index contributed by atoms with van der Waals surface area (Å²) in [4.78, 5) is 2.47. The monoisotopic (exact) mass is 257 g/mol. The Bertz CT molecular complexity index is 210. The molecule has 108 valence electrons. The predicted molar refractivity (Wildman–Crippen MR) is 76.0 cm³/mol. The van der Waals surface area contributed by atoms with Gasteiger partial charge in [0.1, 0.15) is 0 Å². The Labute approximate surface area is 113 Å². The van der Waals surface area contributed by atoms with Gasteiger partial charge >= 0.3 is 0 Å². The molecule has 3 nitrogen and oxygen atoms in total. The highest BCUT2D eigenvalue weighted by atomic mass is 16.5. The van der Waals surface area contributed by atoms with Crippen LogP contribution < -0.4 is 0 Å². The molecule has 1 aliphatic rings. The maximum atomic E-state index is 5.75. The molecule has 0 atom stereocenters. The lowest BCUT2D eigenvalue weighted by atomic mass is 9.97. The first kappa shape index (κ1) is 15.9. The van der Waals surface area contributed by atoms with E-state index < -0.39 is 0 Å². The second kappa shape index (κ2) is 6.36. The Morgan fingerprint density at radius 2 is 1.39 bits per heavy atom. The maximum Gasteiger partial charge on any atom is 0.0600 e. The Morgan fingerprint density at radius 3 is 1.89 bits per heavy atom. The summed E-state index contributed by atoms with van der Waals surface area (Å²) < 4.78 is 11.5. The van der Waals surface area contributed by atoms with E-state index in [-0.39, 0.29) is 11.2 Å². The van der Waals surface area contributed by atoms with Crippen molar-refractivity contribution in [2.45, 2.75) is 59.2 Å². The molecule has 3 heteroatoms. The largest absolute Gasteiger partial charge is 0.376 e. The topological polar surface area (TPSA) is 21.7 Å². The van der Waals surface area contributed by atoms with Crippen molar-refractivity contribution in [1.82, 2.24) is 4.90 Å². The van der Waals surface area contributed by atoms with Crippen LogP contribution in [0.15, 0.2) is 0 Å². The minimum Gasteiger partial charge on any atom is -0.376 e. The number of hydrogen-bond donors (Lipinski definition) is 0. The summed E-state index contributed by atoms with van der Waals surface area (Å²) in [5.74, 6) is 0.821. The Morgan fingerprint density at radius 1 is 0.889 bits per heavy atom. The first-order valence-corrected chi connectivity index (χ1v) is 7.16. The van der Waals surface area contributed by atoms with Crippen molar-refractivity contribution in [3.05, 3.63) is 0 Å². The SMILES string of the molecule is CC(C)(C)OCCC1CN(CCOC(C)(C)C)C1. The number of nitrogens with zero attached hydrogens (tertiary/aromatic N) is 1. The van der Waals surface area contributed by atoms with Crippen LogP contribution in [0.3, 0.4) is 0 Å². The van der Waals surface area contributed by atoms with Crippen LogP contribution in [-0.2, 0) is 9.47 Å². The van der Waals surface area contributed by atoms with E-state index in [1.54, 1.807) is 0 Å². The summed E-state index contributed by atoms with van der Waals surface area (Å²) in [6.45, 7) is 17.9. The standard InChI is InChI=1S/C15H31NO2/c1-14(2,3)17-9-7-13-11-16(12-13)8-10-18-15(4,5)6/h13H,7-12H2,1-6H3. The number of ether oxygens (including phenoxy) is 2. The zero-order valence-electron chi connectivity index (χ0n) is 13.1. The van der Waals surface area contributed by atoms with E-state index >= 15 is 0 Å². The molecule has 0 N–H and O–H groups in total. The molecule has 18 heavy (non-hydrogen) atoms. The van der Waals surface area contributed by atoms with E-state index in [4.69, 9.17) is 9.47 Å². The lowest BCUT2D eigenvalue weighted by Gasteiger charge is -2.40. The molecule has 0 aliphatic carbocycles. The molecule has 1 saturated heterocycles. The minimum atomic E-state index is -0.00911. The van der Waals surface area contributed by atoms with Gasteiger partial charge in [0.25, 0.3) is 0 Å². The zero-order valence-corrected chi connectivity index (χ0v) is 13.1. The van der Waals surface area contributed by atoms with Gasteiger partial charge in [0, 0.05) is 26.2 Å². The van der Waals surface area contributed by atoms with Gasteiger partial charge in [0.2, 0.25) is 0 Å². The van der Waals surface area contributed by atoms with Crippen molar-refractivity contribution >= 4 is 0 Å². The van der Waals surface area contributed by atoms with Crippen molar-refractivity contribution < 1.29 is 9.47 Å². The van der Waals surface area contributed by atoms with Gasteiger partial charge in [-0.25, -0.2) is 0 Å². The molecule has 1 aliphatic heterocycles. The van der Waals surface area contributed by atoms with Crippen LogP contribution in [0.25, 0.3) is 0 Å². The fourth-order valence-electron chi connectivity index (χ4n) is 2.05. The zero-order chi connectivity index (χ0) is 13.8. The average Bonchev–Trinajstić information content (AvgIpc) is 2.08. The average molecular weight is 257 g/mol. The molecule has 0 aromatic rings. The first-order valence-electron chi connectivity index (χ1n) is 7.16. The second-order valence-electron chi connectivity index (χ2n) is 7.34. The smallest absolute Gasteiger partial charge is 0.0600 e. The molecule has 1 fully saturated rings. The summed E-state index contributed by atoms with van der Waals surface area (Å²) >= 11 is 0. The molecule has 1 heterocycles. The highest BCUT2D eigenvalue weighted by Crippen LogP contribution is 2.20. The van der Waals surface area contributed by atoms with Crippen LogP contribution in [0.1, 0.15) is 48.0 Å². The maximum absolute atomic E-state index is 5.75. The summed E-state index contributed by atoms with van der Waals surface area (Å²) in [6.07, 6.45) is 1.19. The van der Waals surface area contributed by atoms with Crippen LogP contribution in [0.4, 0.5) is 0 Å². The Kier molecular flexibility index (Phi) is 5.63. The molecule has 1 rings (SSSR count). The van der Waals surface area contributed by atoms with Crippen LogP contribution in [0.2, 0.25) is 0 Å². The summed E-state index contributed by atoms with van der Waals surface area (Å²) in [5.41, 5.74) is -0.00516. The summed E-state index contributed by atoms with van der Waals surface area (Å²) in [6, 6.07) is 0. The van der Waals surface area contributed by atoms with Crippen LogP contribution in [0, 0.1) is 5.92 Å². The normalized spacial score (nSPS) is 19.0. The lowest BCUT2D eigenvalue weighted by Crippen LogP contribution is -2.48. The molecule has 0 unspecified atom stereocenters. The van der Waals surface area contributed by atoms with Crippen molar-refractivity contribution in [2.75, 3.05) is 32.8 Å². The molecule has 0 aromatic heterocycles. The molecule has 0 spiro atoms. The van der Waals surface area contributed by atoms with Gasteiger partial charge in [-0.1, -0.05) is 0 Å². The van der Waals surface area contributed by atoms with Gasteiger partial charge in [0.15, 0.2) is 0 Å². The molecule has 0 bridgehead atoms. The number of rotatable bonds is 6. The highest BCUT2D eigenvalue weighted by molar-refractivity contribution is 4.79. The Hall–Kier alpha value is -0.120. The van der Waals surface area contributed by atoms with Crippen LogP contribution in [-0.4, -0.2) is 49.0 Å². The van der Waals surface area contributed by atoms with E-state index in [2.05, 4.69) is 46.4 Å². The third-order valence-electron chi connectivity index (χ3n) is 3.04. The van der Waals surface area contributed by atoms with Gasteiger partial charge in [-0.15, -0.1) is 0 Å². The molecular formula is C15H31NO2. The van der Waals surface area contributed by atoms with E-state index in [1.165, 1.54) is 19.5 Å². The van der Waals surface area contributed by atoms with E-state index in [0.717, 1.165) is 25.7 Å². The lowest BCUT2D eigenvalue weighted by molar-refractivity contribution is -0.0411. The van der Waals surface area contributed by atoms with Gasteiger partial charge in [-0.3, -0.25) is 0 Å². The fraction of sp³-hybridized carbons (Fsp3) is 1.00. The summed E-state index contributed by atoms with van der Waals surface area (Å²) in [5, 5.41) is 0. The minimum absolute atomic E-state index is 0.00395. The van der Waals surface area contributed by atoms with E-state index in [9.17, 15) is 0 Å². The van der Waals surface area contributed by atoms with Gasteiger partial charge in [-0.2, -0.15) is 0 Å². The predicted octanol–water partition coefficient (Wildman–Crippen LogP) is 2.94.